The first-order valence-electron chi connectivity index (χ1n) is 21.6. The number of nitrogens with zero attached hydrogens (tertiary/aromatic N) is 2. The third kappa shape index (κ3) is 4.48. The Hall–Kier alpha value is -4.70. The molecule has 4 saturated carbocycles. The summed E-state index contributed by atoms with van der Waals surface area (Å²) in [5.41, 5.74) is 19.9. The van der Waals surface area contributed by atoms with Gasteiger partial charge in [0.2, 0.25) is 0 Å². The Morgan fingerprint density at radius 2 is 1.21 bits per heavy atom. The van der Waals surface area contributed by atoms with Crippen LogP contribution < -0.4 is 26.4 Å². The van der Waals surface area contributed by atoms with Crippen LogP contribution in [0.1, 0.15) is 107 Å². The van der Waals surface area contributed by atoms with Crippen molar-refractivity contribution in [2.24, 2.45) is 17.8 Å². The number of fused-ring (bicyclic) bond motifs is 7. The minimum atomic E-state index is -0.0340. The molecule has 3 heterocycles. The van der Waals surface area contributed by atoms with Gasteiger partial charge in [0, 0.05) is 28.1 Å². The molecular weight excluding hydrogens is 679 g/mol. The van der Waals surface area contributed by atoms with Gasteiger partial charge in [-0.05, 0) is 180 Å². The number of furan rings is 1. The molecule has 0 spiro atoms. The number of rotatable bonds is 3. The van der Waals surface area contributed by atoms with Crippen LogP contribution in [0.15, 0.2) is 101 Å². The lowest BCUT2D eigenvalue weighted by Crippen LogP contribution is -2.61. The van der Waals surface area contributed by atoms with Crippen LogP contribution in [-0.4, -0.2) is 6.71 Å². The lowest BCUT2D eigenvalue weighted by atomic mass is 9.35. The van der Waals surface area contributed by atoms with Crippen LogP contribution in [0.2, 0.25) is 0 Å². The average Bonchev–Trinajstić information content (AvgIpc) is 3.55. The van der Waals surface area contributed by atoms with Crippen molar-refractivity contribution in [3.8, 4) is 0 Å². The van der Waals surface area contributed by atoms with Gasteiger partial charge in [-0.15, -0.1) is 0 Å². The van der Waals surface area contributed by atoms with E-state index in [2.05, 4.69) is 148 Å². The molecule has 0 amide bonds. The summed E-state index contributed by atoms with van der Waals surface area (Å²) >= 11 is 0. The Kier molecular flexibility index (Phi) is 6.71. The molecule has 3 nitrogen and oxygen atoms in total. The zero-order chi connectivity index (χ0) is 37.9. The second-order valence-electron chi connectivity index (χ2n) is 20.3. The first kappa shape index (κ1) is 33.4. The molecule has 5 aromatic carbocycles. The molecule has 0 radical (unpaired) electrons. The SMILES string of the molecule is Cc1cccc(C)c1N1c2cc3c(cc2B2c4oc5ccc([C@]67CC8CC(C[C@H](C8)C6)C7)cc5c4N(c4ccccc4)c4cccc1c42)C(C)(C)CCC3(C)C. The van der Waals surface area contributed by atoms with E-state index < -0.39 is 0 Å². The molecule has 5 aliphatic carbocycles. The van der Waals surface area contributed by atoms with Gasteiger partial charge in [0.05, 0.1) is 17.0 Å². The molecule has 0 atom stereocenters. The first-order chi connectivity index (χ1) is 27.0. The number of hydrogen-bond donors (Lipinski definition) is 0. The summed E-state index contributed by atoms with van der Waals surface area (Å²) in [6, 6.07) is 37.5. The van der Waals surface area contributed by atoms with Gasteiger partial charge in [-0.25, -0.2) is 0 Å². The quantitative estimate of drug-likeness (QED) is 0.169. The minimum absolute atomic E-state index is 0.0340. The monoisotopic (exact) mass is 732 g/mol. The summed E-state index contributed by atoms with van der Waals surface area (Å²) in [5.74, 6) is 2.71. The summed E-state index contributed by atoms with van der Waals surface area (Å²) in [6.07, 6.45) is 10.8. The van der Waals surface area contributed by atoms with Crippen molar-refractivity contribution >= 4 is 68.4 Å². The van der Waals surface area contributed by atoms with Crippen molar-refractivity contribution < 1.29 is 4.42 Å². The molecule has 1 aromatic heterocycles. The van der Waals surface area contributed by atoms with Gasteiger partial charge in [0.25, 0.3) is 6.71 Å². The average molecular weight is 733 g/mol. The van der Waals surface area contributed by atoms with Gasteiger partial charge in [-0.3, -0.25) is 0 Å². The number of hydrogen-bond acceptors (Lipinski definition) is 3. The predicted molar refractivity (Wildman–Crippen MR) is 235 cm³/mol. The largest absolute Gasteiger partial charge is 0.468 e. The fourth-order valence-electron chi connectivity index (χ4n) is 13.5. The highest BCUT2D eigenvalue weighted by atomic mass is 16.3. The second-order valence-corrected chi connectivity index (χ2v) is 20.3. The van der Waals surface area contributed by atoms with Crippen LogP contribution in [-0.2, 0) is 16.2 Å². The van der Waals surface area contributed by atoms with Gasteiger partial charge >= 0.3 is 0 Å². The zero-order valence-electron chi connectivity index (χ0n) is 34.0. The maximum absolute atomic E-state index is 7.39. The lowest BCUT2D eigenvalue weighted by molar-refractivity contribution is -0.00513. The molecule has 4 fully saturated rings. The summed E-state index contributed by atoms with van der Waals surface area (Å²) in [5, 5.41) is 1.27. The maximum Gasteiger partial charge on any atom is 0.297 e. The topological polar surface area (TPSA) is 19.6 Å². The molecule has 0 N–H and O–H groups in total. The Balaban J connectivity index is 1.17. The second kappa shape index (κ2) is 11.2. The van der Waals surface area contributed by atoms with Crippen molar-refractivity contribution in [3.63, 3.8) is 0 Å². The molecule has 2 aliphatic heterocycles. The fourth-order valence-corrected chi connectivity index (χ4v) is 13.5. The number of benzene rings is 5. The molecule has 280 valence electrons. The van der Waals surface area contributed by atoms with E-state index in [-0.39, 0.29) is 17.5 Å². The van der Waals surface area contributed by atoms with Crippen molar-refractivity contribution in [2.45, 2.75) is 109 Å². The van der Waals surface area contributed by atoms with E-state index in [1.54, 1.807) is 5.56 Å². The fraction of sp³-hybridized carbons (Fsp3) is 0.385. The molecule has 7 aliphatic rings. The molecule has 4 bridgehead atoms. The smallest absolute Gasteiger partial charge is 0.297 e. The highest BCUT2D eigenvalue weighted by molar-refractivity contribution is 7.00. The summed E-state index contributed by atoms with van der Waals surface area (Å²) < 4.78 is 7.39. The predicted octanol–water partition coefficient (Wildman–Crippen LogP) is 11.9. The highest BCUT2D eigenvalue weighted by Gasteiger charge is 2.53. The van der Waals surface area contributed by atoms with Gasteiger partial charge in [-0.2, -0.15) is 0 Å². The molecule has 0 unspecified atom stereocenters. The third-order valence-corrected chi connectivity index (χ3v) is 15.9. The maximum atomic E-state index is 7.39. The zero-order valence-corrected chi connectivity index (χ0v) is 34.0. The molecule has 6 aromatic rings. The lowest BCUT2D eigenvalue weighted by Gasteiger charge is -2.57. The normalized spacial score (nSPS) is 25.9. The van der Waals surface area contributed by atoms with Crippen LogP contribution in [0.25, 0.3) is 11.0 Å². The van der Waals surface area contributed by atoms with Crippen molar-refractivity contribution in [1.82, 2.24) is 0 Å². The van der Waals surface area contributed by atoms with Crippen LogP contribution in [0.4, 0.5) is 34.1 Å². The summed E-state index contributed by atoms with van der Waals surface area (Å²) in [6.45, 7) is 14.4. The summed E-state index contributed by atoms with van der Waals surface area (Å²) in [7, 11) is 0. The van der Waals surface area contributed by atoms with E-state index in [0.29, 0.717) is 5.41 Å². The Bertz CT molecular complexity index is 2570. The minimum Gasteiger partial charge on any atom is -0.468 e. The van der Waals surface area contributed by atoms with Crippen LogP contribution >= 0.6 is 0 Å². The van der Waals surface area contributed by atoms with Gasteiger partial charge in [-0.1, -0.05) is 82.3 Å². The first-order valence-corrected chi connectivity index (χ1v) is 21.6. The number of anilines is 6. The Morgan fingerprint density at radius 3 is 1.88 bits per heavy atom. The van der Waals surface area contributed by atoms with Gasteiger partial charge < -0.3 is 14.2 Å². The van der Waals surface area contributed by atoms with Crippen LogP contribution in [0, 0.1) is 31.6 Å². The molecule has 56 heavy (non-hydrogen) atoms. The molecule has 13 rings (SSSR count). The van der Waals surface area contributed by atoms with Gasteiger partial charge in [0.1, 0.15) is 5.58 Å². The standard InChI is InChI=1S/C52H53BN2O/c1-31-12-10-13-32(2)47(31)55-43-17-11-16-42-46(43)53(41-26-39-40(27-44(41)55)51(5,6)21-20-50(39,3)4)49-48(54(42)37-14-8-7-9-15-37)38-25-36(18-19-45(38)56-49)52-28-33-22-34(29-52)24-35(23-33)30-52/h7-19,25-27,33-35H,20-24,28-30H2,1-6H3/t33-,34?,35?,52-. The van der Waals surface area contributed by atoms with E-state index >= 15 is 0 Å². The van der Waals surface area contributed by atoms with Crippen LogP contribution in [0.3, 0.4) is 0 Å². The van der Waals surface area contributed by atoms with E-state index in [4.69, 9.17) is 4.42 Å². The number of aryl methyl sites for hydroxylation is 2. The number of para-hydroxylation sites is 2. The Labute approximate surface area is 333 Å². The third-order valence-electron chi connectivity index (χ3n) is 15.9. The van der Waals surface area contributed by atoms with Crippen molar-refractivity contribution in [3.05, 3.63) is 125 Å². The van der Waals surface area contributed by atoms with E-state index in [1.807, 2.05) is 0 Å². The molecular formula is C52H53BN2O. The van der Waals surface area contributed by atoms with Gasteiger partial charge in [0.15, 0.2) is 0 Å². The Morgan fingerprint density at radius 1 is 0.607 bits per heavy atom. The highest BCUT2D eigenvalue weighted by Crippen LogP contribution is 2.61. The van der Waals surface area contributed by atoms with E-state index in [0.717, 1.165) is 29.0 Å². The van der Waals surface area contributed by atoms with E-state index in [9.17, 15) is 0 Å². The van der Waals surface area contributed by atoms with Crippen LogP contribution in [0.5, 0.6) is 0 Å². The molecule has 0 saturated heterocycles. The van der Waals surface area contributed by atoms with Crippen molar-refractivity contribution in [2.75, 3.05) is 9.80 Å². The van der Waals surface area contributed by atoms with Crippen molar-refractivity contribution in [1.29, 1.82) is 0 Å². The van der Waals surface area contributed by atoms with E-state index in [1.165, 1.54) is 124 Å². The summed E-state index contributed by atoms with van der Waals surface area (Å²) in [4.78, 5) is 5.18. The molecule has 4 heteroatoms.